The first-order chi connectivity index (χ1) is 19.0. The predicted molar refractivity (Wildman–Crippen MR) is 149 cm³/mol. The molecular formula is C29H37N5O5. The summed E-state index contributed by atoms with van der Waals surface area (Å²) >= 11 is 0. The van der Waals surface area contributed by atoms with Gasteiger partial charge in [0, 0.05) is 58.3 Å². The molecule has 0 radical (unpaired) electrons. The molecule has 2 aliphatic rings. The van der Waals surface area contributed by atoms with Crippen LogP contribution in [0, 0.1) is 0 Å². The first kappa shape index (κ1) is 26.8. The molecule has 0 atom stereocenters. The lowest BCUT2D eigenvalue weighted by atomic mass is 10.1. The minimum absolute atomic E-state index is 0.589. The minimum atomic E-state index is 0.589. The first-order valence-corrected chi connectivity index (χ1v) is 13.2. The predicted octanol–water partition coefficient (Wildman–Crippen LogP) is 3.61. The number of rotatable bonds is 9. The van der Waals surface area contributed by atoms with Crippen LogP contribution in [0.15, 0.2) is 36.4 Å². The maximum Gasteiger partial charge on any atom is 0.228 e. The molecule has 0 aliphatic carbocycles. The number of hydrogen-bond donors (Lipinski definition) is 0. The third-order valence-electron chi connectivity index (χ3n) is 7.26. The summed E-state index contributed by atoms with van der Waals surface area (Å²) in [4.78, 5) is 16.9. The zero-order valence-electron chi connectivity index (χ0n) is 23.4. The maximum absolute atomic E-state index is 6.42. The topological polar surface area (TPSA) is 81.7 Å². The number of hydrogen-bond acceptors (Lipinski definition) is 10. The number of piperazine rings is 1. The fourth-order valence-electron chi connectivity index (χ4n) is 5.06. The monoisotopic (exact) mass is 535 g/mol. The molecule has 0 bridgehead atoms. The number of fused-ring (bicyclic) bond motifs is 1. The van der Waals surface area contributed by atoms with E-state index in [9.17, 15) is 0 Å². The van der Waals surface area contributed by atoms with E-state index in [1.54, 1.807) is 28.4 Å². The Hall–Kier alpha value is -3.76. The molecule has 39 heavy (non-hydrogen) atoms. The normalized spacial score (nSPS) is 16.0. The summed E-state index contributed by atoms with van der Waals surface area (Å²) in [6.07, 6.45) is 0.803. The van der Waals surface area contributed by atoms with E-state index in [1.165, 1.54) is 0 Å². The SMILES string of the molecule is COc1cccc(Oc2nc(N3CCN(C)CC3)nc3c2CN(Cc2cc(OC)c(OC)c(OC)c2)CC3)c1. The van der Waals surface area contributed by atoms with Crippen LogP contribution < -0.4 is 28.6 Å². The first-order valence-electron chi connectivity index (χ1n) is 13.2. The molecule has 5 rings (SSSR count). The molecule has 208 valence electrons. The van der Waals surface area contributed by atoms with Crippen LogP contribution in [0.3, 0.4) is 0 Å². The van der Waals surface area contributed by atoms with Crippen molar-refractivity contribution in [2.24, 2.45) is 0 Å². The van der Waals surface area contributed by atoms with E-state index in [1.807, 2.05) is 36.4 Å². The van der Waals surface area contributed by atoms with Gasteiger partial charge < -0.3 is 33.5 Å². The molecule has 10 heteroatoms. The number of ether oxygens (including phenoxy) is 5. The van der Waals surface area contributed by atoms with Crippen molar-refractivity contribution < 1.29 is 23.7 Å². The highest BCUT2D eigenvalue weighted by atomic mass is 16.5. The van der Waals surface area contributed by atoms with Crippen molar-refractivity contribution in [3.63, 3.8) is 0 Å². The van der Waals surface area contributed by atoms with Gasteiger partial charge in [0.2, 0.25) is 17.6 Å². The van der Waals surface area contributed by atoms with Gasteiger partial charge >= 0.3 is 0 Å². The van der Waals surface area contributed by atoms with E-state index in [4.69, 9.17) is 33.7 Å². The Kier molecular flexibility index (Phi) is 8.23. The van der Waals surface area contributed by atoms with E-state index < -0.39 is 0 Å². The van der Waals surface area contributed by atoms with Crippen molar-refractivity contribution in [3.8, 4) is 34.6 Å². The van der Waals surface area contributed by atoms with Gasteiger partial charge in [-0.2, -0.15) is 4.98 Å². The molecule has 2 aromatic carbocycles. The van der Waals surface area contributed by atoms with Gasteiger partial charge in [-0.3, -0.25) is 4.90 Å². The fraction of sp³-hybridized carbons (Fsp3) is 0.448. The third kappa shape index (κ3) is 5.97. The summed E-state index contributed by atoms with van der Waals surface area (Å²) in [5.41, 5.74) is 3.12. The average molecular weight is 536 g/mol. The summed E-state index contributed by atoms with van der Waals surface area (Å²) < 4.78 is 28.5. The van der Waals surface area contributed by atoms with Gasteiger partial charge in [0.25, 0.3) is 0 Å². The number of likely N-dealkylation sites (N-methyl/N-ethyl adjacent to an activating group) is 1. The molecule has 3 aromatic rings. The average Bonchev–Trinajstić information content (AvgIpc) is 2.97. The molecule has 10 nitrogen and oxygen atoms in total. The van der Waals surface area contributed by atoms with Gasteiger partial charge in [0.05, 0.1) is 39.7 Å². The molecule has 0 spiro atoms. The van der Waals surface area contributed by atoms with Crippen molar-refractivity contribution in [2.75, 3.05) is 73.1 Å². The molecule has 3 heterocycles. The Balaban J connectivity index is 1.44. The van der Waals surface area contributed by atoms with E-state index >= 15 is 0 Å². The van der Waals surface area contributed by atoms with Crippen LogP contribution in [-0.2, 0) is 19.5 Å². The number of aromatic nitrogens is 2. The Bertz CT molecular complexity index is 1270. The zero-order valence-corrected chi connectivity index (χ0v) is 23.4. The van der Waals surface area contributed by atoms with Gasteiger partial charge in [0.1, 0.15) is 11.5 Å². The van der Waals surface area contributed by atoms with Crippen molar-refractivity contribution in [1.82, 2.24) is 19.8 Å². The molecule has 0 amide bonds. The number of anilines is 1. The fourth-order valence-corrected chi connectivity index (χ4v) is 5.06. The lowest BCUT2D eigenvalue weighted by molar-refractivity contribution is 0.236. The van der Waals surface area contributed by atoms with Crippen molar-refractivity contribution in [3.05, 3.63) is 53.2 Å². The van der Waals surface area contributed by atoms with Crippen molar-refractivity contribution in [2.45, 2.75) is 19.5 Å². The molecular weight excluding hydrogens is 498 g/mol. The van der Waals surface area contributed by atoms with Crippen molar-refractivity contribution in [1.29, 1.82) is 0 Å². The van der Waals surface area contributed by atoms with Crippen LogP contribution in [0.2, 0.25) is 0 Å². The van der Waals surface area contributed by atoms with Crippen LogP contribution in [0.25, 0.3) is 0 Å². The summed E-state index contributed by atoms with van der Waals surface area (Å²) in [5.74, 6) is 4.62. The molecule has 0 N–H and O–H groups in total. The number of benzene rings is 2. The summed E-state index contributed by atoms with van der Waals surface area (Å²) in [7, 11) is 8.68. The summed E-state index contributed by atoms with van der Waals surface area (Å²) in [6, 6.07) is 11.6. The summed E-state index contributed by atoms with van der Waals surface area (Å²) in [5, 5.41) is 0. The van der Waals surface area contributed by atoms with E-state index in [-0.39, 0.29) is 0 Å². The lowest BCUT2D eigenvalue weighted by Gasteiger charge is -2.34. The van der Waals surface area contributed by atoms with E-state index in [0.29, 0.717) is 42.0 Å². The van der Waals surface area contributed by atoms with Gasteiger partial charge in [-0.25, -0.2) is 4.98 Å². The molecule has 1 fully saturated rings. The third-order valence-corrected chi connectivity index (χ3v) is 7.26. The molecule has 1 aromatic heterocycles. The van der Waals surface area contributed by atoms with Crippen LogP contribution >= 0.6 is 0 Å². The highest BCUT2D eigenvalue weighted by Gasteiger charge is 2.27. The smallest absolute Gasteiger partial charge is 0.228 e. The molecule has 0 saturated carbocycles. The molecule has 1 saturated heterocycles. The van der Waals surface area contributed by atoms with Gasteiger partial charge in [-0.15, -0.1) is 0 Å². The number of nitrogens with zero attached hydrogens (tertiary/aromatic N) is 5. The van der Waals surface area contributed by atoms with E-state index in [2.05, 4.69) is 21.7 Å². The Morgan fingerprint density at radius 3 is 2.18 bits per heavy atom. The maximum atomic E-state index is 6.42. The highest BCUT2D eigenvalue weighted by Crippen LogP contribution is 2.39. The Morgan fingerprint density at radius 1 is 0.795 bits per heavy atom. The Morgan fingerprint density at radius 2 is 1.51 bits per heavy atom. The van der Waals surface area contributed by atoms with Gasteiger partial charge in [-0.05, 0) is 36.9 Å². The molecule has 0 unspecified atom stereocenters. The second-order valence-corrected chi connectivity index (χ2v) is 9.82. The molecule has 2 aliphatic heterocycles. The van der Waals surface area contributed by atoms with E-state index in [0.717, 1.165) is 67.7 Å². The van der Waals surface area contributed by atoms with Crippen LogP contribution in [0.4, 0.5) is 5.95 Å². The summed E-state index contributed by atoms with van der Waals surface area (Å²) in [6.45, 7) is 5.97. The Labute approximate surface area is 230 Å². The largest absolute Gasteiger partial charge is 0.497 e. The van der Waals surface area contributed by atoms with Crippen LogP contribution in [-0.4, -0.2) is 88.0 Å². The second-order valence-electron chi connectivity index (χ2n) is 9.82. The lowest BCUT2D eigenvalue weighted by Crippen LogP contribution is -2.45. The highest BCUT2D eigenvalue weighted by molar-refractivity contribution is 5.54. The van der Waals surface area contributed by atoms with Crippen LogP contribution in [0.1, 0.15) is 16.8 Å². The second kappa shape index (κ2) is 12.0. The van der Waals surface area contributed by atoms with Crippen molar-refractivity contribution >= 4 is 5.95 Å². The number of methoxy groups -OCH3 is 4. The van der Waals surface area contributed by atoms with Gasteiger partial charge in [0.15, 0.2) is 11.5 Å². The zero-order chi connectivity index (χ0) is 27.4. The quantitative estimate of drug-likeness (QED) is 0.405. The minimum Gasteiger partial charge on any atom is -0.497 e. The van der Waals surface area contributed by atoms with Gasteiger partial charge in [-0.1, -0.05) is 6.07 Å². The van der Waals surface area contributed by atoms with Crippen LogP contribution in [0.5, 0.6) is 34.6 Å². The standard InChI is InChI=1S/C29H37N5O5/c1-32-11-13-34(14-12-32)29-30-24-9-10-33(18-20-15-25(36-3)27(38-5)26(16-20)37-4)19-23(24)28(31-29)39-22-8-6-7-21(17-22)35-2/h6-8,15-17H,9-14,18-19H2,1-5H3.